The first-order valence-electron chi connectivity index (χ1n) is 8.04. The van der Waals surface area contributed by atoms with Crippen molar-refractivity contribution < 1.29 is 9.59 Å². The second kappa shape index (κ2) is 6.77. The Morgan fingerprint density at radius 2 is 1.76 bits per heavy atom. The molecular weight excluding hydrogens is 266 g/mol. The molecular formula is C16H31N3O2. The number of nitrogens with two attached hydrogens (primary N) is 1. The van der Waals surface area contributed by atoms with E-state index in [0.717, 1.165) is 25.7 Å². The van der Waals surface area contributed by atoms with Crippen LogP contribution in [0.5, 0.6) is 0 Å². The molecule has 1 saturated heterocycles. The summed E-state index contributed by atoms with van der Waals surface area (Å²) in [5.41, 5.74) is 4.69. The summed E-state index contributed by atoms with van der Waals surface area (Å²) in [5, 5.41) is 0. The Kier molecular flexibility index (Phi) is 5.79. The molecule has 0 aromatic heterocycles. The number of carbonyl (C=O) groups is 2. The maximum Gasteiger partial charge on any atom is 0.247 e. The van der Waals surface area contributed by atoms with Gasteiger partial charge < -0.3 is 15.5 Å². The van der Waals surface area contributed by atoms with Crippen LogP contribution in [-0.4, -0.2) is 53.8 Å². The monoisotopic (exact) mass is 297 g/mol. The highest BCUT2D eigenvalue weighted by Crippen LogP contribution is 2.35. The minimum absolute atomic E-state index is 0.000943. The molecule has 0 saturated carbocycles. The van der Waals surface area contributed by atoms with E-state index in [9.17, 15) is 9.59 Å². The molecule has 21 heavy (non-hydrogen) atoms. The molecule has 2 amide bonds. The summed E-state index contributed by atoms with van der Waals surface area (Å²) in [5.74, 6) is 0.0566. The molecule has 5 heteroatoms. The van der Waals surface area contributed by atoms with Crippen molar-refractivity contribution in [3.63, 3.8) is 0 Å². The van der Waals surface area contributed by atoms with Crippen LogP contribution in [0.15, 0.2) is 0 Å². The maximum absolute atomic E-state index is 13.2. The number of nitrogens with zero attached hydrogens (tertiary/aromatic N) is 2. The van der Waals surface area contributed by atoms with Crippen molar-refractivity contribution in [3.8, 4) is 0 Å². The summed E-state index contributed by atoms with van der Waals surface area (Å²) in [6.07, 6.45) is 3.41. The highest BCUT2D eigenvalue weighted by molar-refractivity contribution is 5.93. The smallest absolute Gasteiger partial charge is 0.247 e. The van der Waals surface area contributed by atoms with Crippen LogP contribution in [0.2, 0.25) is 0 Å². The lowest BCUT2D eigenvalue weighted by molar-refractivity contribution is -0.163. The van der Waals surface area contributed by atoms with Gasteiger partial charge in [-0.1, -0.05) is 26.7 Å². The summed E-state index contributed by atoms with van der Waals surface area (Å²) in [4.78, 5) is 29.0. The van der Waals surface area contributed by atoms with E-state index in [1.807, 2.05) is 13.8 Å². The Hall–Kier alpha value is -1.10. The van der Waals surface area contributed by atoms with Crippen LogP contribution >= 0.6 is 0 Å². The zero-order valence-corrected chi connectivity index (χ0v) is 14.2. The molecule has 5 nitrogen and oxygen atoms in total. The van der Waals surface area contributed by atoms with Crippen molar-refractivity contribution in [3.05, 3.63) is 0 Å². The molecule has 0 spiro atoms. The number of piperazine rings is 1. The van der Waals surface area contributed by atoms with E-state index in [4.69, 9.17) is 5.73 Å². The van der Waals surface area contributed by atoms with Gasteiger partial charge in [-0.25, -0.2) is 0 Å². The second-order valence-electron chi connectivity index (χ2n) is 6.73. The molecule has 0 atom stereocenters. The molecule has 1 aliphatic heterocycles. The van der Waals surface area contributed by atoms with Crippen LogP contribution in [0, 0.1) is 5.41 Å². The van der Waals surface area contributed by atoms with Gasteiger partial charge in [0.25, 0.3) is 0 Å². The highest BCUT2D eigenvalue weighted by Gasteiger charge is 2.48. The first-order valence-corrected chi connectivity index (χ1v) is 8.04. The second-order valence-corrected chi connectivity index (χ2v) is 6.73. The van der Waals surface area contributed by atoms with Crippen LogP contribution in [0.4, 0.5) is 0 Å². The summed E-state index contributed by atoms with van der Waals surface area (Å²) in [6, 6.07) is 0. The zero-order chi connectivity index (χ0) is 16.3. The predicted molar refractivity (Wildman–Crippen MR) is 84.7 cm³/mol. The summed E-state index contributed by atoms with van der Waals surface area (Å²) < 4.78 is 0. The summed E-state index contributed by atoms with van der Waals surface area (Å²) in [6.45, 7) is 9.35. The number of amides is 2. The maximum atomic E-state index is 13.2. The van der Waals surface area contributed by atoms with Crippen LogP contribution in [0.3, 0.4) is 0 Å². The molecule has 0 unspecified atom stereocenters. The Morgan fingerprint density at radius 1 is 1.24 bits per heavy atom. The Morgan fingerprint density at radius 3 is 2.19 bits per heavy atom. The number of hydrogen-bond acceptors (Lipinski definition) is 3. The van der Waals surface area contributed by atoms with E-state index in [2.05, 4.69) is 13.8 Å². The van der Waals surface area contributed by atoms with Gasteiger partial charge in [0.2, 0.25) is 11.8 Å². The third-order valence-electron chi connectivity index (χ3n) is 4.75. The third-order valence-corrected chi connectivity index (χ3v) is 4.75. The Bertz CT molecular complexity index is 387. The Labute approximate surface area is 128 Å². The average molecular weight is 297 g/mol. The topological polar surface area (TPSA) is 66.6 Å². The van der Waals surface area contributed by atoms with Gasteiger partial charge in [-0.15, -0.1) is 0 Å². The standard InChI is InChI=1S/C16H31N3O2/c1-6-8-16(12-17,9-7-2)14(21)19-11-10-18(5)13(20)15(19,3)4/h6-12,17H2,1-5H3. The summed E-state index contributed by atoms with van der Waals surface area (Å²) in [7, 11) is 1.79. The van der Waals surface area contributed by atoms with Crippen molar-refractivity contribution in [1.29, 1.82) is 0 Å². The quantitative estimate of drug-likeness (QED) is 0.810. The number of hydrogen-bond donors (Lipinski definition) is 1. The number of carbonyl (C=O) groups excluding carboxylic acids is 2. The minimum atomic E-state index is -0.786. The molecule has 0 aromatic carbocycles. The van der Waals surface area contributed by atoms with Gasteiger partial charge in [-0.3, -0.25) is 9.59 Å². The van der Waals surface area contributed by atoms with Crippen LogP contribution in [0.25, 0.3) is 0 Å². The SMILES string of the molecule is CCCC(CN)(CCC)C(=O)N1CCN(C)C(=O)C1(C)C. The van der Waals surface area contributed by atoms with Crippen LogP contribution in [0.1, 0.15) is 53.4 Å². The van der Waals surface area contributed by atoms with Gasteiger partial charge in [0.1, 0.15) is 5.54 Å². The van der Waals surface area contributed by atoms with Gasteiger partial charge in [0, 0.05) is 26.7 Å². The molecule has 0 radical (unpaired) electrons. The molecule has 122 valence electrons. The molecule has 1 fully saturated rings. The average Bonchev–Trinajstić information content (AvgIpc) is 2.44. The largest absolute Gasteiger partial charge is 0.342 e. The zero-order valence-electron chi connectivity index (χ0n) is 14.2. The van der Waals surface area contributed by atoms with Gasteiger partial charge in [-0.05, 0) is 26.7 Å². The van der Waals surface area contributed by atoms with E-state index >= 15 is 0 Å². The third kappa shape index (κ3) is 3.23. The highest BCUT2D eigenvalue weighted by atomic mass is 16.2. The van der Waals surface area contributed by atoms with Crippen molar-refractivity contribution in [2.24, 2.45) is 11.1 Å². The molecule has 1 heterocycles. The van der Waals surface area contributed by atoms with E-state index < -0.39 is 11.0 Å². The van der Waals surface area contributed by atoms with Gasteiger partial charge >= 0.3 is 0 Å². The minimum Gasteiger partial charge on any atom is -0.342 e. The fraction of sp³-hybridized carbons (Fsp3) is 0.875. The van der Waals surface area contributed by atoms with Crippen molar-refractivity contribution in [2.45, 2.75) is 58.9 Å². The fourth-order valence-corrected chi connectivity index (χ4v) is 3.44. The Balaban J connectivity index is 3.11. The summed E-state index contributed by atoms with van der Waals surface area (Å²) >= 11 is 0. The lowest BCUT2D eigenvalue weighted by Gasteiger charge is -2.48. The van der Waals surface area contributed by atoms with E-state index in [1.165, 1.54) is 0 Å². The van der Waals surface area contributed by atoms with Crippen LogP contribution < -0.4 is 5.73 Å². The van der Waals surface area contributed by atoms with E-state index in [0.29, 0.717) is 19.6 Å². The first-order chi connectivity index (χ1) is 9.76. The van der Waals surface area contributed by atoms with Crippen molar-refractivity contribution >= 4 is 11.8 Å². The molecule has 1 aliphatic rings. The molecule has 0 aliphatic carbocycles. The predicted octanol–water partition coefficient (Wildman–Crippen LogP) is 1.61. The lowest BCUT2D eigenvalue weighted by atomic mass is 9.76. The van der Waals surface area contributed by atoms with Crippen molar-refractivity contribution in [2.75, 3.05) is 26.7 Å². The molecule has 1 rings (SSSR count). The molecule has 0 bridgehead atoms. The van der Waals surface area contributed by atoms with Gasteiger partial charge in [-0.2, -0.15) is 0 Å². The molecule has 2 N–H and O–H groups in total. The van der Waals surface area contributed by atoms with E-state index in [-0.39, 0.29) is 11.8 Å². The van der Waals surface area contributed by atoms with E-state index in [1.54, 1.807) is 16.8 Å². The normalized spacial score (nSPS) is 19.0. The number of likely N-dealkylation sites (N-methyl/N-ethyl adjacent to an activating group) is 1. The van der Waals surface area contributed by atoms with Crippen LogP contribution in [-0.2, 0) is 9.59 Å². The fourth-order valence-electron chi connectivity index (χ4n) is 3.44. The van der Waals surface area contributed by atoms with Crippen molar-refractivity contribution in [1.82, 2.24) is 9.80 Å². The first kappa shape index (κ1) is 18.0. The molecule has 0 aromatic rings. The van der Waals surface area contributed by atoms with Gasteiger partial charge in [0.05, 0.1) is 5.41 Å². The lowest BCUT2D eigenvalue weighted by Crippen LogP contribution is -2.66. The number of rotatable bonds is 6. The van der Waals surface area contributed by atoms with Gasteiger partial charge in [0.15, 0.2) is 0 Å².